The number of allylic oxidation sites excluding steroid dienone is 1. The van der Waals surface area contributed by atoms with Crippen molar-refractivity contribution in [1.29, 1.82) is 0 Å². The van der Waals surface area contributed by atoms with Crippen LogP contribution in [-0.4, -0.2) is 82.3 Å². The minimum absolute atomic E-state index is 0.0401. The number of hydrogen-bond acceptors (Lipinski definition) is 6. The highest BCUT2D eigenvalue weighted by molar-refractivity contribution is 5.99. The molecule has 2 fully saturated rings. The number of carbonyl (C=O) groups is 3. The van der Waals surface area contributed by atoms with E-state index in [4.69, 9.17) is 9.47 Å². The van der Waals surface area contributed by atoms with E-state index in [1.807, 2.05) is 45.1 Å². The summed E-state index contributed by atoms with van der Waals surface area (Å²) >= 11 is 0. The number of fused-ring (bicyclic) bond motifs is 2. The first kappa shape index (κ1) is 27.8. The van der Waals surface area contributed by atoms with Crippen LogP contribution in [0.4, 0.5) is 0 Å². The van der Waals surface area contributed by atoms with E-state index in [2.05, 4.69) is 6.92 Å². The van der Waals surface area contributed by atoms with Gasteiger partial charge in [-0.25, -0.2) is 0 Å². The van der Waals surface area contributed by atoms with Gasteiger partial charge >= 0.3 is 5.97 Å². The summed E-state index contributed by atoms with van der Waals surface area (Å²) in [6, 6.07) is -1.50. The van der Waals surface area contributed by atoms with Crippen LogP contribution in [0, 0.1) is 17.8 Å². The Morgan fingerprint density at radius 1 is 1.08 bits per heavy atom. The molecule has 4 rings (SSSR count). The number of likely N-dealkylation sites (tertiary alicyclic amines) is 1. The molecule has 0 saturated carbocycles. The first-order valence-electron chi connectivity index (χ1n) is 14.3. The molecule has 37 heavy (non-hydrogen) atoms. The number of carbonyl (C=O) groups excluding carboxylic acids is 3. The lowest BCUT2D eigenvalue weighted by molar-refractivity contribution is -0.163. The Labute approximate surface area is 221 Å². The molecular formula is C29H44N2O6. The number of amides is 2. The number of cyclic esters (lactones) is 1. The highest BCUT2D eigenvalue weighted by Crippen LogP contribution is 2.58. The van der Waals surface area contributed by atoms with Crippen molar-refractivity contribution < 1.29 is 29.0 Å². The van der Waals surface area contributed by atoms with Crippen LogP contribution in [0.25, 0.3) is 0 Å². The number of esters is 1. The third kappa shape index (κ3) is 4.54. The van der Waals surface area contributed by atoms with E-state index < -0.39 is 41.1 Å². The van der Waals surface area contributed by atoms with Gasteiger partial charge in [0.05, 0.1) is 25.2 Å². The first-order valence-corrected chi connectivity index (χ1v) is 14.3. The minimum atomic E-state index is -1.31. The number of rotatable bonds is 9. The summed E-state index contributed by atoms with van der Waals surface area (Å²) < 4.78 is 12.6. The van der Waals surface area contributed by atoms with Crippen LogP contribution >= 0.6 is 0 Å². The average Bonchev–Trinajstić information content (AvgIpc) is 3.28. The van der Waals surface area contributed by atoms with Crippen molar-refractivity contribution >= 4 is 17.8 Å². The summed E-state index contributed by atoms with van der Waals surface area (Å²) in [7, 11) is 0. The monoisotopic (exact) mass is 516 g/mol. The third-order valence-electron chi connectivity index (χ3n) is 9.03. The maximum atomic E-state index is 14.4. The van der Waals surface area contributed by atoms with Crippen LogP contribution in [0.15, 0.2) is 24.3 Å². The fraction of sp³-hybridized carbons (Fsp3) is 0.759. The molecule has 4 aliphatic heterocycles. The Hall–Kier alpha value is -2.19. The third-order valence-corrected chi connectivity index (χ3v) is 9.03. The van der Waals surface area contributed by atoms with Gasteiger partial charge in [-0.05, 0) is 31.6 Å². The van der Waals surface area contributed by atoms with Crippen molar-refractivity contribution in [2.24, 2.45) is 17.8 Å². The van der Waals surface area contributed by atoms with Crippen LogP contribution in [0.3, 0.4) is 0 Å². The first-order chi connectivity index (χ1) is 17.8. The van der Waals surface area contributed by atoms with Crippen molar-refractivity contribution in [3.8, 4) is 0 Å². The molecule has 0 aromatic heterocycles. The largest absolute Gasteiger partial charge is 0.465 e. The molecule has 1 spiro atoms. The number of unbranched alkanes of at least 4 members (excludes halogenated alkanes) is 2. The molecule has 2 saturated heterocycles. The normalized spacial score (nSPS) is 36.0. The smallest absolute Gasteiger partial charge is 0.313 e. The highest BCUT2D eigenvalue weighted by atomic mass is 16.6. The maximum absolute atomic E-state index is 14.4. The fourth-order valence-electron chi connectivity index (χ4n) is 6.79. The molecule has 0 bridgehead atoms. The van der Waals surface area contributed by atoms with E-state index in [9.17, 15) is 19.5 Å². The lowest BCUT2D eigenvalue weighted by Gasteiger charge is -2.42. The quantitative estimate of drug-likeness (QED) is 0.287. The topological polar surface area (TPSA) is 96.4 Å². The second-order valence-electron chi connectivity index (χ2n) is 11.1. The predicted octanol–water partition coefficient (Wildman–Crippen LogP) is 3.24. The van der Waals surface area contributed by atoms with E-state index in [0.29, 0.717) is 25.9 Å². The van der Waals surface area contributed by atoms with Gasteiger partial charge in [-0.2, -0.15) is 0 Å². The van der Waals surface area contributed by atoms with Gasteiger partial charge < -0.3 is 24.4 Å². The van der Waals surface area contributed by atoms with Crippen molar-refractivity contribution in [2.75, 3.05) is 26.3 Å². The van der Waals surface area contributed by atoms with Gasteiger partial charge in [0.15, 0.2) is 0 Å². The minimum Gasteiger partial charge on any atom is -0.465 e. The zero-order chi connectivity index (χ0) is 26.8. The van der Waals surface area contributed by atoms with Crippen molar-refractivity contribution in [1.82, 2.24) is 9.80 Å². The zero-order valence-corrected chi connectivity index (χ0v) is 22.9. The van der Waals surface area contributed by atoms with E-state index >= 15 is 0 Å². The predicted molar refractivity (Wildman–Crippen MR) is 139 cm³/mol. The highest BCUT2D eigenvalue weighted by Gasteiger charge is 2.76. The molecule has 0 aromatic carbocycles. The molecule has 0 aromatic rings. The molecule has 2 amide bonds. The molecular weight excluding hydrogens is 472 g/mol. The van der Waals surface area contributed by atoms with E-state index in [1.165, 1.54) is 0 Å². The SMILES string of the molecule is CCCCCN1CC=C[C@]23O[C@]4(CC)/C=C\CCCOC(=O)[C@@H]4[C@H]2C(=O)N([C@@H](CO)[C@@H](C)CC)C3C1=O. The van der Waals surface area contributed by atoms with Gasteiger partial charge in [0.2, 0.25) is 11.8 Å². The van der Waals surface area contributed by atoms with Crippen LogP contribution in [-0.2, 0) is 23.9 Å². The summed E-state index contributed by atoms with van der Waals surface area (Å²) in [6.45, 7) is 9.11. The Morgan fingerprint density at radius 2 is 1.86 bits per heavy atom. The summed E-state index contributed by atoms with van der Waals surface area (Å²) in [5.74, 6) is -2.73. The average molecular weight is 517 g/mol. The van der Waals surface area contributed by atoms with Gasteiger partial charge in [0.1, 0.15) is 23.2 Å². The summed E-state index contributed by atoms with van der Waals surface area (Å²) in [5.41, 5.74) is -2.35. The maximum Gasteiger partial charge on any atom is 0.313 e. The molecule has 0 aliphatic carbocycles. The van der Waals surface area contributed by atoms with Crippen LogP contribution in [0.2, 0.25) is 0 Å². The van der Waals surface area contributed by atoms with Gasteiger partial charge in [0.25, 0.3) is 0 Å². The second-order valence-corrected chi connectivity index (χ2v) is 11.1. The van der Waals surface area contributed by atoms with E-state index in [-0.39, 0.29) is 30.9 Å². The van der Waals surface area contributed by atoms with Crippen molar-refractivity contribution in [3.63, 3.8) is 0 Å². The van der Waals surface area contributed by atoms with Gasteiger partial charge in [-0.15, -0.1) is 0 Å². The Balaban J connectivity index is 1.88. The molecule has 4 heterocycles. The molecule has 206 valence electrons. The molecule has 1 N–H and O–H groups in total. The number of aliphatic hydroxyl groups excluding tert-OH is 1. The molecule has 7 atom stereocenters. The number of nitrogens with zero attached hydrogens (tertiary/aromatic N) is 2. The Kier molecular flexibility index (Phi) is 8.48. The number of ether oxygens (including phenoxy) is 2. The lowest BCUT2D eigenvalue weighted by Crippen LogP contribution is -2.60. The molecule has 4 aliphatic rings. The van der Waals surface area contributed by atoms with Crippen LogP contribution < -0.4 is 0 Å². The summed E-state index contributed by atoms with van der Waals surface area (Å²) in [5, 5.41) is 10.5. The molecule has 8 nitrogen and oxygen atoms in total. The molecule has 1 unspecified atom stereocenters. The number of aliphatic hydroxyl groups is 1. The second kappa shape index (κ2) is 11.3. The fourth-order valence-corrected chi connectivity index (χ4v) is 6.79. The van der Waals surface area contributed by atoms with E-state index in [0.717, 1.165) is 32.1 Å². The molecule has 8 heteroatoms. The Bertz CT molecular complexity index is 933. The summed E-state index contributed by atoms with van der Waals surface area (Å²) in [6.07, 6.45) is 13.3. The van der Waals surface area contributed by atoms with Crippen molar-refractivity contribution in [3.05, 3.63) is 24.3 Å². The molecule has 0 radical (unpaired) electrons. The lowest BCUT2D eigenvalue weighted by atomic mass is 9.73. The zero-order valence-electron chi connectivity index (χ0n) is 22.9. The summed E-state index contributed by atoms with van der Waals surface area (Å²) in [4.78, 5) is 45.7. The van der Waals surface area contributed by atoms with Crippen LogP contribution in [0.5, 0.6) is 0 Å². The van der Waals surface area contributed by atoms with Gasteiger partial charge in [-0.3, -0.25) is 14.4 Å². The van der Waals surface area contributed by atoms with Crippen molar-refractivity contribution in [2.45, 2.75) is 95.9 Å². The Morgan fingerprint density at radius 3 is 2.54 bits per heavy atom. The van der Waals surface area contributed by atoms with E-state index in [1.54, 1.807) is 9.80 Å². The van der Waals surface area contributed by atoms with Gasteiger partial charge in [-0.1, -0.05) is 71.3 Å². The number of hydrogen-bond donors (Lipinski definition) is 1. The standard InChI is InChI=1S/C29H44N2O6/c1-5-8-11-16-30-17-13-15-29-22(23-27(35)36-18-12-9-10-14-28(23,7-3)37-29)25(33)31(24(29)26(30)34)21(19-32)20(4)6-2/h10,13-15,20-24,32H,5-9,11-12,16-19H2,1-4H3/b14-10-/t20-,21-,22-,23-,24?,28+,29-/m0/s1. The van der Waals surface area contributed by atoms with Gasteiger partial charge in [0, 0.05) is 13.1 Å². The van der Waals surface area contributed by atoms with Crippen LogP contribution in [0.1, 0.15) is 72.6 Å².